The van der Waals surface area contributed by atoms with Crippen LogP contribution in [0.25, 0.3) is 0 Å². The molecule has 0 bridgehead atoms. The van der Waals surface area contributed by atoms with E-state index in [-0.39, 0.29) is 0 Å². The summed E-state index contributed by atoms with van der Waals surface area (Å²) in [6, 6.07) is 10.1. The predicted molar refractivity (Wildman–Crippen MR) is 88.9 cm³/mol. The van der Waals surface area contributed by atoms with Gasteiger partial charge in [0.2, 0.25) is 11.9 Å². The third kappa shape index (κ3) is 3.92. The summed E-state index contributed by atoms with van der Waals surface area (Å²) in [5, 5.41) is 13.7. The fourth-order valence-electron chi connectivity index (χ4n) is 2.14. The van der Waals surface area contributed by atoms with Crippen molar-refractivity contribution in [2.45, 2.75) is 6.54 Å². The van der Waals surface area contributed by atoms with E-state index in [1.54, 1.807) is 0 Å². The molecule has 0 saturated carbocycles. The lowest BCUT2D eigenvalue weighted by Crippen LogP contribution is -2.36. The maximum atomic E-state index is 5.31. The molecular weight excluding hydrogens is 300 g/mol. The second kappa shape index (κ2) is 7.19. The van der Waals surface area contributed by atoms with Crippen LogP contribution in [0.3, 0.4) is 0 Å². The fourth-order valence-corrected chi connectivity index (χ4v) is 2.31. The van der Waals surface area contributed by atoms with Crippen LogP contribution in [0.15, 0.2) is 30.3 Å². The summed E-state index contributed by atoms with van der Waals surface area (Å²) >= 11 is 5.26. The maximum absolute atomic E-state index is 5.31. The summed E-state index contributed by atoms with van der Waals surface area (Å²) < 4.78 is 5.31. The van der Waals surface area contributed by atoms with Gasteiger partial charge in [0.05, 0.1) is 13.2 Å². The van der Waals surface area contributed by atoms with E-state index in [4.69, 9.17) is 17.0 Å². The minimum atomic E-state index is 0.508. The number of aromatic amines is 1. The van der Waals surface area contributed by atoms with Gasteiger partial charge in [0.1, 0.15) is 0 Å². The van der Waals surface area contributed by atoms with E-state index in [1.807, 2.05) is 30.3 Å². The molecule has 1 aromatic heterocycles. The van der Waals surface area contributed by atoms with Crippen molar-refractivity contribution in [2.24, 2.45) is 0 Å². The molecule has 8 heteroatoms. The molecule has 116 valence electrons. The lowest BCUT2D eigenvalue weighted by atomic mass is 10.2. The summed E-state index contributed by atoms with van der Waals surface area (Å²) in [6.45, 7) is 3.67. The zero-order valence-corrected chi connectivity index (χ0v) is 12.9. The summed E-state index contributed by atoms with van der Waals surface area (Å²) in [5.74, 6) is 1.20. The molecule has 0 aliphatic carbocycles. The lowest BCUT2D eigenvalue weighted by molar-refractivity contribution is 0.122. The van der Waals surface area contributed by atoms with Gasteiger partial charge in [-0.2, -0.15) is 4.98 Å². The normalized spacial score (nSPS) is 14.6. The monoisotopic (exact) mass is 318 g/mol. The SMILES string of the molecule is S=C(NCc1ccccc1)Nc1nc(N2CCOCC2)n[nH]1. The maximum Gasteiger partial charge on any atom is 0.246 e. The van der Waals surface area contributed by atoms with Crippen molar-refractivity contribution in [2.75, 3.05) is 36.5 Å². The molecule has 1 aliphatic heterocycles. The number of hydrogen-bond acceptors (Lipinski definition) is 5. The van der Waals surface area contributed by atoms with Crippen LogP contribution < -0.4 is 15.5 Å². The van der Waals surface area contributed by atoms with Crippen molar-refractivity contribution in [1.82, 2.24) is 20.5 Å². The minimum absolute atomic E-state index is 0.508. The van der Waals surface area contributed by atoms with Gasteiger partial charge in [0.15, 0.2) is 5.11 Å². The quantitative estimate of drug-likeness (QED) is 0.729. The second-order valence-electron chi connectivity index (χ2n) is 4.88. The minimum Gasteiger partial charge on any atom is -0.378 e. The van der Waals surface area contributed by atoms with Crippen molar-refractivity contribution in [3.05, 3.63) is 35.9 Å². The highest BCUT2D eigenvalue weighted by Gasteiger charge is 2.15. The van der Waals surface area contributed by atoms with Crippen molar-refractivity contribution in [3.63, 3.8) is 0 Å². The molecule has 22 heavy (non-hydrogen) atoms. The average molecular weight is 318 g/mol. The molecule has 0 atom stereocenters. The standard InChI is InChI=1S/C14H18N6OS/c22-14(15-10-11-4-2-1-3-5-11)17-12-16-13(19-18-12)20-6-8-21-9-7-20/h1-5H,6-10H2,(H3,15,16,17,18,19,22). The zero-order chi connectivity index (χ0) is 15.2. The molecule has 2 aromatic rings. The van der Waals surface area contributed by atoms with Gasteiger partial charge in [0, 0.05) is 19.6 Å². The Kier molecular flexibility index (Phi) is 4.81. The van der Waals surface area contributed by atoms with Crippen molar-refractivity contribution < 1.29 is 4.74 Å². The predicted octanol–water partition coefficient (Wildman–Crippen LogP) is 1.13. The Balaban J connectivity index is 1.50. The second-order valence-corrected chi connectivity index (χ2v) is 5.28. The van der Waals surface area contributed by atoms with Gasteiger partial charge in [0.25, 0.3) is 0 Å². The molecule has 3 N–H and O–H groups in total. The van der Waals surface area contributed by atoms with Crippen LogP contribution in [-0.4, -0.2) is 46.6 Å². The van der Waals surface area contributed by atoms with Gasteiger partial charge in [-0.3, -0.25) is 0 Å². The van der Waals surface area contributed by atoms with Crippen LogP contribution in [0.5, 0.6) is 0 Å². The number of rotatable bonds is 4. The number of hydrogen-bond donors (Lipinski definition) is 3. The summed E-state index contributed by atoms with van der Waals surface area (Å²) in [7, 11) is 0. The first kappa shape index (κ1) is 14.7. The molecular formula is C14H18N6OS. The molecule has 1 aromatic carbocycles. The van der Waals surface area contributed by atoms with Gasteiger partial charge >= 0.3 is 0 Å². The Bertz CT molecular complexity index is 611. The van der Waals surface area contributed by atoms with Crippen LogP contribution in [-0.2, 0) is 11.3 Å². The van der Waals surface area contributed by atoms with E-state index < -0.39 is 0 Å². The van der Waals surface area contributed by atoms with Crippen LogP contribution in [0.4, 0.5) is 11.9 Å². The number of H-pyrrole nitrogens is 1. The topological polar surface area (TPSA) is 78.1 Å². The highest BCUT2D eigenvalue weighted by Crippen LogP contribution is 2.11. The molecule has 3 rings (SSSR count). The molecule has 0 unspecified atom stereocenters. The number of nitrogens with one attached hydrogen (secondary N) is 3. The Morgan fingerprint density at radius 3 is 2.82 bits per heavy atom. The smallest absolute Gasteiger partial charge is 0.246 e. The van der Waals surface area contributed by atoms with Crippen molar-refractivity contribution >= 4 is 29.2 Å². The van der Waals surface area contributed by atoms with Crippen molar-refractivity contribution in [3.8, 4) is 0 Å². The Labute approximate surface area is 134 Å². The van der Waals surface area contributed by atoms with Gasteiger partial charge in [-0.25, -0.2) is 5.10 Å². The third-order valence-corrected chi connectivity index (χ3v) is 3.54. The molecule has 0 amide bonds. The molecule has 1 saturated heterocycles. The molecule has 1 aliphatic rings. The van der Waals surface area contributed by atoms with Gasteiger partial charge < -0.3 is 20.3 Å². The van der Waals surface area contributed by atoms with E-state index in [9.17, 15) is 0 Å². The number of thiocarbonyl (C=S) groups is 1. The Morgan fingerprint density at radius 1 is 1.27 bits per heavy atom. The van der Waals surface area contributed by atoms with Crippen molar-refractivity contribution in [1.29, 1.82) is 0 Å². The number of morpholine rings is 1. The lowest BCUT2D eigenvalue weighted by Gasteiger charge is -2.25. The largest absolute Gasteiger partial charge is 0.378 e. The Morgan fingerprint density at radius 2 is 2.05 bits per heavy atom. The zero-order valence-electron chi connectivity index (χ0n) is 12.1. The molecule has 0 radical (unpaired) electrons. The van der Waals surface area contributed by atoms with E-state index >= 15 is 0 Å². The van der Waals surface area contributed by atoms with E-state index in [0.29, 0.717) is 36.8 Å². The first-order valence-electron chi connectivity index (χ1n) is 7.15. The van der Waals surface area contributed by atoms with E-state index in [1.165, 1.54) is 5.56 Å². The van der Waals surface area contributed by atoms with Crippen LogP contribution in [0.1, 0.15) is 5.56 Å². The number of benzene rings is 1. The summed E-state index contributed by atoms with van der Waals surface area (Å²) in [6.07, 6.45) is 0. The number of nitrogens with zero attached hydrogens (tertiary/aromatic N) is 3. The Hall–Kier alpha value is -2.19. The van der Waals surface area contributed by atoms with Crippen LogP contribution in [0, 0.1) is 0 Å². The summed E-state index contributed by atoms with van der Waals surface area (Å²) in [5.41, 5.74) is 1.17. The fraction of sp³-hybridized carbons (Fsp3) is 0.357. The number of anilines is 2. The van der Waals surface area contributed by atoms with E-state index in [0.717, 1.165) is 13.1 Å². The highest BCUT2D eigenvalue weighted by atomic mass is 32.1. The third-order valence-electron chi connectivity index (χ3n) is 3.30. The number of aromatic nitrogens is 3. The molecule has 1 fully saturated rings. The molecule has 7 nitrogen and oxygen atoms in total. The molecule has 0 spiro atoms. The first-order chi connectivity index (χ1) is 10.8. The average Bonchev–Trinajstić information content (AvgIpc) is 3.03. The number of ether oxygens (including phenoxy) is 1. The highest BCUT2D eigenvalue weighted by molar-refractivity contribution is 7.80. The van der Waals surface area contributed by atoms with Gasteiger partial charge in [-0.05, 0) is 17.8 Å². The van der Waals surface area contributed by atoms with Gasteiger partial charge in [-0.15, -0.1) is 5.10 Å². The summed E-state index contributed by atoms with van der Waals surface area (Å²) in [4.78, 5) is 6.47. The molecule has 2 heterocycles. The van der Waals surface area contributed by atoms with Gasteiger partial charge in [-0.1, -0.05) is 30.3 Å². The van der Waals surface area contributed by atoms with E-state index in [2.05, 4.69) is 30.7 Å². The first-order valence-corrected chi connectivity index (χ1v) is 7.56. The van der Waals surface area contributed by atoms with Crippen LogP contribution in [0.2, 0.25) is 0 Å². The van der Waals surface area contributed by atoms with Crippen LogP contribution >= 0.6 is 12.2 Å².